The molecule has 0 aromatic carbocycles. The molecule has 2 bridgehead atoms. The van der Waals surface area contributed by atoms with E-state index in [1.165, 1.54) is 0 Å². The zero-order chi connectivity index (χ0) is 14.4. The molecule has 3 atom stereocenters. The summed E-state index contributed by atoms with van der Waals surface area (Å²) in [7, 11) is 1.73. The molecule has 0 saturated carbocycles. The van der Waals surface area contributed by atoms with Crippen LogP contribution in [-0.2, 0) is 9.59 Å². The van der Waals surface area contributed by atoms with Crippen LogP contribution in [0.4, 0.5) is 4.79 Å². The second kappa shape index (κ2) is 4.64. The van der Waals surface area contributed by atoms with Crippen molar-refractivity contribution in [2.24, 2.45) is 5.92 Å². The van der Waals surface area contributed by atoms with Gasteiger partial charge in [0, 0.05) is 32.2 Å². The van der Waals surface area contributed by atoms with Crippen LogP contribution in [0, 0.1) is 5.92 Å². The maximum absolute atomic E-state index is 12.6. The van der Waals surface area contributed by atoms with Crippen molar-refractivity contribution in [2.75, 3.05) is 26.7 Å². The zero-order valence-corrected chi connectivity index (χ0v) is 11.5. The Bertz CT molecular complexity index is 467. The SMILES string of the molecule is CN1CCN(C(=O)N2C3CCC2C(C(=O)O)C3)CC1=O. The predicted molar refractivity (Wildman–Crippen MR) is 69.0 cm³/mol. The molecule has 1 N–H and O–H groups in total. The summed E-state index contributed by atoms with van der Waals surface area (Å²) in [6.07, 6.45) is 2.18. The molecule has 3 aliphatic rings. The average molecular weight is 281 g/mol. The number of rotatable bonds is 1. The Morgan fingerprint density at radius 2 is 2.00 bits per heavy atom. The van der Waals surface area contributed by atoms with Gasteiger partial charge in [0.05, 0.1) is 5.92 Å². The van der Waals surface area contributed by atoms with E-state index < -0.39 is 11.9 Å². The topological polar surface area (TPSA) is 81.2 Å². The number of fused-ring (bicyclic) bond motifs is 2. The Morgan fingerprint density at radius 1 is 1.25 bits per heavy atom. The molecule has 3 fully saturated rings. The van der Waals surface area contributed by atoms with E-state index >= 15 is 0 Å². The summed E-state index contributed by atoms with van der Waals surface area (Å²) < 4.78 is 0. The first-order chi connectivity index (χ1) is 9.49. The van der Waals surface area contributed by atoms with Crippen LogP contribution < -0.4 is 0 Å². The van der Waals surface area contributed by atoms with Gasteiger partial charge in [0.1, 0.15) is 6.54 Å². The second-order valence-electron chi connectivity index (χ2n) is 5.91. The van der Waals surface area contributed by atoms with Crippen molar-refractivity contribution in [3.05, 3.63) is 0 Å². The van der Waals surface area contributed by atoms with Gasteiger partial charge in [-0.05, 0) is 19.3 Å². The van der Waals surface area contributed by atoms with Crippen molar-refractivity contribution >= 4 is 17.9 Å². The van der Waals surface area contributed by atoms with Gasteiger partial charge < -0.3 is 19.8 Å². The molecule has 3 rings (SSSR count). The van der Waals surface area contributed by atoms with Gasteiger partial charge in [-0.1, -0.05) is 0 Å². The minimum absolute atomic E-state index is 0.0309. The maximum Gasteiger partial charge on any atom is 0.321 e. The van der Waals surface area contributed by atoms with Gasteiger partial charge in [0.15, 0.2) is 0 Å². The number of carboxylic acid groups (broad SMARTS) is 1. The van der Waals surface area contributed by atoms with Crippen LogP contribution in [0.3, 0.4) is 0 Å². The third kappa shape index (κ3) is 1.92. The lowest BCUT2D eigenvalue weighted by molar-refractivity contribution is -0.142. The van der Waals surface area contributed by atoms with E-state index in [1.54, 1.807) is 21.7 Å². The first-order valence-electron chi connectivity index (χ1n) is 7.03. The lowest BCUT2D eigenvalue weighted by atomic mass is 9.89. The number of piperazine rings is 1. The van der Waals surface area contributed by atoms with Crippen molar-refractivity contribution in [1.29, 1.82) is 0 Å². The number of hydrogen-bond acceptors (Lipinski definition) is 3. The number of amides is 3. The predicted octanol–water partition coefficient (Wildman–Crippen LogP) is -0.182. The largest absolute Gasteiger partial charge is 0.481 e. The van der Waals surface area contributed by atoms with E-state index in [2.05, 4.69) is 0 Å². The number of carbonyl (C=O) groups excluding carboxylic acids is 2. The molecular weight excluding hydrogens is 262 g/mol. The summed E-state index contributed by atoms with van der Waals surface area (Å²) in [5.74, 6) is -1.32. The highest BCUT2D eigenvalue weighted by atomic mass is 16.4. The number of aliphatic carboxylic acids is 1. The molecule has 0 aromatic rings. The van der Waals surface area contributed by atoms with Crippen LogP contribution in [-0.4, -0.2) is 76.5 Å². The smallest absolute Gasteiger partial charge is 0.321 e. The number of carboxylic acids is 1. The summed E-state index contributed by atoms with van der Waals surface area (Å²) in [4.78, 5) is 40.4. The van der Waals surface area contributed by atoms with E-state index in [1.807, 2.05) is 0 Å². The lowest BCUT2D eigenvalue weighted by Gasteiger charge is -2.36. The van der Waals surface area contributed by atoms with Crippen LogP contribution in [0.2, 0.25) is 0 Å². The monoisotopic (exact) mass is 281 g/mol. The van der Waals surface area contributed by atoms with E-state index in [0.717, 1.165) is 12.8 Å². The Labute approximate surface area is 117 Å². The van der Waals surface area contributed by atoms with Gasteiger partial charge in [-0.3, -0.25) is 9.59 Å². The normalized spacial score (nSPS) is 33.0. The highest BCUT2D eigenvalue weighted by molar-refractivity contribution is 5.86. The van der Waals surface area contributed by atoms with Crippen molar-refractivity contribution in [3.8, 4) is 0 Å². The summed E-state index contributed by atoms with van der Waals surface area (Å²) >= 11 is 0. The first-order valence-corrected chi connectivity index (χ1v) is 7.03. The fraction of sp³-hybridized carbons (Fsp3) is 0.769. The molecule has 7 heteroatoms. The number of urea groups is 1. The van der Waals surface area contributed by atoms with Crippen molar-refractivity contribution in [1.82, 2.24) is 14.7 Å². The quantitative estimate of drug-likeness (QED) is 0.723. The highest BCUT2D eigenvalue weighted by Crippen LogP contribution is 2.42. The van der Waals surface area contributed by atoms with Crippen LogP contribution in [0.5, 0.6) is 0 Å². The Hall–Kier alpha value is -1.79. The van der Waals surface area contributed by atoms with Gasteiger partial charge >= 0.3 is 12.0 Å². The van der Waals surface area contributed by atoms with E-state index in [0.29, 0.717) is 19.5 Å². The summed E-state index contributed by atoms with van der Waals surface area (Å²) in [6.45, 7) is 1.16. The average Bonchev–Trinajstić information content (AvgIpc) is 2.98. The van der Waals surface area contributed by atoms with E-state index in [9.17, 15) is 19.5 Å². The molecule has 0 spiro atoms. The third-order valence-corrected chi connectivity index (χ3v) is 4.80. The fourth-order valence-electron chi connectivity index (χ4n) is 3.64. The standard InChI is InChI=1S/C13H19N3O4/c1-14-4-5-15(7-11(14)17)13(20)16-8-2-3-10(16)9(6-8)12(18)19/h8-10H,2-7H2,1H3,(H,18,19). The molecule has 3 saturated heterocycles. The third-order valence-electron chi connectivity index (χ3n) is 4.80. The van der Waals surface area contributed by atoms with E-state index in [-0.39, 0.29) is 30.6 Å². The minimum atomic E-state index is -0.815. The Balaban J connectivity index is 1.72. The van der Waals surface area contributed by atoms with Gasteiger partial charge in [0.25, 0.3) is 0 Å². The van der Waals surface area contributed by atoms with Gasteiger partial charge in [-0.15, -0.1) is 0 Å². The number of carbonyl (C=O) groups is 3. The minimum Gasteiger partial charge on any atom is -0.481 e. The molecule has 3 amide bonds. The maximum atomic E-state index is 12.6. The molecule has 3 aliphatic heterocycles. The van der Waals surface area contributed by atoms with E-state index in [4.69, 9.17) is 0 Å². The Morgan fingerprint density at radius 3 is 2.60 bits per heavy atom. The van der Waals surface area contributed by atoms with Gasteiger partial charge in [0.2, 0.25) is 5.91 Å². The molecule has 0 aliphatic carbocycles. The number of hydrogen-bond donors (Lipinski definition) is 1. The first kappa shape index (κ1) is 13.2. The number of likely N-dealkylation sites (N-methyl/N-ethyl adjacent to an activating group) is 1. The van der Waals surface area contributed by atoms with Gasteiger partial charge in [-0.2, -0.15) is 0 Å². The highest BCUT2D eigenvalue weighted by Gasteiger charge is 2.52. The summed E-state index contributed by atoms with van der Waals surface area (Å²) in [5, 5.41) is 9.21. The second-order valence-corrected chi connectivity index (χ2v) is 5.91. The fourth-order valence-corrected chi connectivity index (χ4v) is 3.64. The lowest BCUT2D eigenvalue weighted by Crippen LogP contribution is -2.55. The summed E-state index contributed by atoms with van der Waals surface area (Å²) in [5.41, 5.74) is 0. The molecule has 0 aromatic heterocycles. The zero-order valence-electron chi connectivity index (χ0n) is 11.5. The molecule has 110 valence electrons. The molecule has 7 nitrogen and oxygen atoms in total. The molecule has 0 radical (unpaired) electrons. The Kier molecular flexibility index (Phi) is 3.07. The van der Waals surface area contributed by atoms with Crippen LogP contribution >= 0.6 is 0 Å². The molecular formula is C13H19N3O4. The van der Waals surface area contributed by atoms with Crippen LogP contribution in [0.15, 0.2) is 0 Å². The van der Waals surface area contributed by atoms with Gasteiger partial charge in [-0.25, -0.2) is 4.79 Å². The molecule has 3 unspecified atom stereocenters. The summed E-state index contributed by atoms with van der Waals surface area (Å²) in [6, 6.07) is -0.328. The molecule has 20 heavy (non-hydrogen) atoms. The molecule has 3 heterocycles. The van der Waals surface area contributed by atoms with Crippen molar-refractivity contribution < 1.29 is 19.5 Å². The van der Waals surface area contributed by atoms with Crippen molar-refractivity contribution in [2.45, 2.75) is 31.3 Å². The van der Waals surface area contributed by atoms with Crippen molar-refractivity contribution in [3.63, 3.8) is 0 Å². The van der Waals surface area contributed by atoms with Crippen LogP contribution in [0.25, 0.3) is 0 Å². The van der Waals surface area contributed by atoms with Crippen LogP contribution in [0.1, 0.15) is 19.3 Å². The number of nitrogens with zero attached hydrogens (tertiary/aromatic N) is 3.